The molecule has 2 aromatic carbocycles. The zero-order valence-corrected chi connectivity index (χ0v) is 30.9. The van der Waals surface area contributed by atoms with E-state index in [2.05, 4.69) is 48.0 Å². The van der Waals surface area contributed by atoms with Crippen LogP contribution < -0.4 is 4.90 Å². The first-order chi connectivity index (χ1) is 24.7. The molecule has 0 radical (unpaired) electrons. The highest BCUT2D eigenvalue weighted by atomic mass is 32.1. The SMILES string of the molecule is CCCCCCCN(C(=O)c1csc(C2CCN(C(=O)C3=CCC=CC=C3c3ccc(C(C)(F)F)cc3)CC2)n1)C1CCN(C)c2ccccc21. The van der Waals surface area contributed by atoms with E-state index in [0.29, 0.717) is 30.8 Å². The summed E-state index contributed by atoms with van der Waals surface area (Å²) in [4.78, 5) is 39.4. The van der Waals surface area contributed by atoms with E-state index in [1.807, 2.05) is 34.6 Å². The minimum Gasteiger partial charge on any atom is -0.374 e. The Labute approximate surface area is 305 Å². The third-order valence-corrected chi connectivity index (χ3v) is 11.5. The molecule has 0 bridgehead atoms. The first-order valence-electron chi connectivity index (χ1n) is 18.6. The molecular weight excluding hydrogens is 663 g/mol. The lowest BCUT2D eigenvalue weighted by atomic mass is 9.92. The number of fused-ring (bicyclic) bond motifs is 1. The fraction of sp³-hybridized carbons (Fsp3) is 0.452. The Morgan fingerprint density at radius 2 is 1.73 bits per heavy atom. The Bertz CT molecular complexity index is 1770. The van der Waals surface area contributed by atoms with Crippen molar-refractivity contribution >= 4 is 34.4 Å². The summed E-state index contributed by atoms with van der Waals surface area (Å²) in [6.45, 7) is 5.89. The molecule has 1 atom stereocenters. The molecule has 0 saturated carbocycles. The summed E-state index contributed by atoms with van der Waals surface area (Å²) in [6.07, 6.45) is 16.5. The molecule has 2 amide bonds. The number of amides is 2. The number of alkyl halides is 2. The van der Waals surface area contributed by atoms with Crippen LogP contribution in [0.1, 0.15) is 116 Å². The van der Waals surface area contributed by atoms with Crippen molar-refractivity contribution in [1.29, 1.82) is 0 Å². The number of allylic oxidation sites excluding steroid dienone is 4. The number of para-hydroxylation sites is 1. The molecule has 1 aliphatic carbocycles. The summed E-state index contributed by atoms with van der Waals surface area (Å²) in [5.74, 6) is -2.78. The topological polar surface area (TPSA) is 56.8 Å². The Balaban J connectivity index is 1.13. The van der Waals surface area contributed by atoms with Crippen molar-refractivity contribution in [3.8, 4) is 0 Å². The number of carbonyl (C=O) groups is 2. The molecule has 1 aromatic heterocycles. The molecule has 2 aliphatic heterocycles. The van der Waals surface area contributed by atoms with Crippen molar-refractivity contribution in [2.75, 3.05) is 38.1 Å². The van der Waals surface area contributed by atoms with Gasteiger partial charge in [0.25, 0.3) is 17.7 Å². The smallest absolute Gasteiger partial charge is 0.273 e. The third kappa shape index (κ3) is 8.52. The van der Waals surface area contributed by atoms with Crippen molar-refractivity contribution < 1.29 is 18.4 Å². The minimum atomic E-state index is -2.92. The van der Waals surface area contributed by atoms with Crippen LogP contribution in [-0.2, 0) is 10.7 Å². The van der Waals surface area contributed by atoms with Crippen LogP contribution in [0.3, 0.4) is 0 Å². The summed E-state index contributed by atoms with van der Waals surface area (Å²) in [5.41, 5.74) is 4.95. The second kappa shape index (κ2) is 16.5. The van der Waals surface area contributed by atoms with Crippen molar-refractivity contribution in [3.05, 3.63) is 111 Å². The summed E-state index contributed by atoms with van der Waals surface area (Å²) in [6, 6.07) is 14.7. The molecule has 1 saturated heterocycles. The van der Waals surface area contributed by atoms with Gasteiger partial charge in [0.05, 0.1) is 11.0 Å². The van der Waals surface area contributed by atoms with Crippen LogP contribution in [0.5, 0.6) is 0 Å². The van der Waals surface area contributed by atoms with Crippen LogP contribution >= 0.6 is 11.3 Å². The number of thiazole rings is 1. The van der Waals surface area contributed by atoms with Crippen LogP contribution in [0.25, 0.3) is 5.57 Å². The number of aromatic nitrogens is 1. The van der Waals surface area contributed by atoms with E-state index >= 15 is 0 Å². The number of unbranched alkanes of at least 4 members (excludes halogenated alkanes) is 4. The van der Waals surface area contributed by atoms with E-state index in [0.717, 1.165) is 68.3 Å². The summed E-state index contributed by atoms with van der Waals surface area (Å²) >= 11 is 1.56. The lowest BCUT2D eigenvalue weighted by molar-refractivity contribution is -0.127. The van der Waals surface area contributed by atoms with Gasteiger partial charge in [-0.1, -0.05) is 99.4 Å². The van der Waals surface area contributed by atoms with Crippen molar-refractivity contribution in [2.24, 2.45) is 0 Å². The Kier molecular flexibility index (Phi) is 11.9. The quantitative estimate of drug-likeness (QED) is 0.176. The van der Waals surface area contributed by atoms with Gasteiger partial charge < -0.3 is 14.7 Å². The van der Waals surface area contributed by atoms with E-state index in [4.69, 9.17) is 4.98 Å². The molecule has 3 aliphatic rings. The maximum atomic E-state index is 14.3. The largest absolute Gasteiger partial charge is 0.374 e. The fourth-order valence-corrected chi connectivity index (χ4v) is 8.53. The summed E-state index contributed by atoms with van der Waals surface area (Å²) < 4.78 is 27.7. The zero-order chi connectivity index (χ0) is 36.0. The summed E-state index contributed by atoms with van der Waals surface area (Å²) in [5, 5.41) is 2.89. The highest BCUT2D eigenvalue weighted by molar-refractivity contribution is 7.09. The maximum Gasteiger partial charge on any atom is 0.273 e. The van der Waals surface area contributed by atoms with E-state index in [-0.39, 0.29) is 29.3 Å². The van der Waals surface area contributed by atoms with Gasteiger partial charge >= 0.3 is 0 Å². The molecule has 6 rings (SSSR count). The average molecular weight is 713 g/mol. The number of likely N-dealkylation sites (tertiary alicyclic amines) is 1. The fourth-order valence-electron chi connectivity index (χ4n) is 7.56. The Morgan fingerprint density at radius 1 is 0.980 bits per heavy atom. The number of piperidine rings is 1. The molecule has 6 nitrogen and oxygen atoms in total. The van der Waals surface area contributed by atoms with Crippen LogP contribution in [0.4, 0.5) is 14.5 Å². The van der Waals surface area contributed by atoms with Gasteiger partial charge in [0.15, 0.2) is 0 Å². The average Bonchev–Trinajstić information content (AvgIpc) is 3.51. The van der Waals surface area contributed by atoms with Gasteiger partial charge in [-0.05, 0) is 54.9 Å². The third-order valence-electron chi connectivity index (χ3n) is 10.5. The Hall–Kier alpha value is -4.11. The number of benzene rings is 2. The minimum absolute atomic E-state index is 0.00822. The van der Waals surface area contributed by atoms with E-state index in [1.54, 1.807) is 23.5 Å². The van der Waals surface area contributed by atoms with Gasteiger partial charge in [0.1, 0.15) is 5.69 Å². The van der Waals surface area contributed by atoms with Gasteiger partial charge in [-0.25, -0.2) is 13.8 Å². The van der Waals surface area contributed by atoms with Crippen LogP contribution in [-0.4, -0.2) is 59.8 Å². The lowest BCUT2D eigenvalue weighted by Gasteiger charge is -2.39. The van der Waals surface area contributed by atoms with Gasteiger partial charge in [-0.15, -0.1) is 11.3 Å². The monoisotopic (exact) mass is 712 g/mol. The predicted octanol–water partition coefficient (Wildman–Crippen LogP) is 9.92. The molecule has 51 heavy (non-hydrogen) atoms. The van der Waals surface area contributed by atoms with Crippen LogP contribution in [0.15, 0.2) is 83.8 Å². The van der Waals surface area contributed by atoms with Gasteiger partial charge in [0.2, 0.25) is 0 Å². The molecule has 0 spiro atoms. The molecule has 0 N–H and O–H groups in total. The van der Waals surface area contributed by atoms with Crippen molar-refractivity contribution in [3.63, 3.8) is 0 Å². The lowest BCUT2D eigenvalue weighted by Crippen LogP contribution is -2.41. The van der Waals surface area contributed by atoms with E-state index < -0.39 is 5.92 Å². The molecule has 3 aromatic rings. The second-order valence-corrected chi connectivity index (χ2v) is 15.1. The number of nitrogens with zero attached hydrogens (tertiary/aromatic N) is 4. The van der Waals surface area contributed by atoms with Crippen LogP contribution in [0, 0.1) is 0 Å². The first kappa shape index (κ1) is 36.7. The van der Waals surface area contributed by atoms with Gasteiger partial charge in [-0.2, -0.15) is 0 Å². The molecule has 1 fully saturated rings. The predicted molar refractivity (Wildman–Crippen MR) is 203 cm³/mol. The molecular formula is C42H50F2N4O2S. The van der Waals surface area contributed by atoms with E-state index in [1.165, 1.54) is 42.6 Å². The van der Waals surface area contributed by atoms with Gasteiger partial charge in [-0.3, -0.25) is 9.59 Å². The number of anilines is 1. The number of hydrogen-bond donors (Lipinski definition) is 0. The standard InChI is InChI=1S/C42H50F2N4O2S/c1-4-5-6-7-13-25-48(38-24-26-46(3)37-17-12-11-16-35(37)38)41(50)36-29-51-39(45-36)31-22-27-47(28-23-31)40(49)34-15-10-8-9-14-33(34)30-18-20-32(21-19-30)42(2,43)44/h8-9,11-12,14-21,29,31,38H,4-7,10,13,22-28H2,1-3H3. The van der Waals surface area contributed by atoms with Gasteiger partial charge in [0, 0.05) is 68.3 Å². The number of rotatable bonds is 12. The zero-order valence-electron chi connectivity index (χ0n) is 30.1. The highest BCUT2D eigenvalue weighted by Gasteiger charge is 2.34. The molecule has 3 heterocycles. The van der Waals surface area contributed by atoms with E-state index in [9.17, 15) is 18.4 Å². The van der Waals surface area contributed by atoms with Crippen molar-refractivity contribution in [1.82, 2.24) is 14.8 Å². The highest BCUT2D eigenvalue weighted by Crippen LogP contribution is 2.39. The molecule has 1 unspecified atom stereocenters. The number of halogens is 2. The first-order valence-corrected chi connectivity index (χ1v) is 19.5. The maximum absolute atomic E-state index is 14.3. The van der Waals surface area contributed by atoms with Crippen LogP contribution in [0.2, 0.25) is 0 Å². The normalized spacial score (nSPS) is 18.2. The number of hydrogen-bond acceptors (Lipinski definition) is 5. The number of carbonyl (C=O) groups excluding carboxylic acids is 2. The summed E-state index contributed by atoms with van der Waals surface area (Å²) in [7, 11) is 2.12. The molecule has 9 heteroatoms. The Morgan fingerprint density at radius 3 is 2.47 bits per heavy atom. The second-order valence-electron chi connectivity index (χ2n) is 14.2. The van der Waals surface area contributed by atoms with Crippen molar-refractivity contribution in [2.45, 2.75) is 89.5 Å². The molecule has 270 valence electrons.